The van der Waals surface area contributed by atoms with Crippen LogP contribution in [-0.2, 0) is 0 Å². The van der Waals surface area contributed by atoms with E-state index in [4.69, 9.17) is 5.73 Å². The Morgan fingerprint density at radius 2 is 2.25 bits per heavy atom. The molecule has 4 nitrogen and oxygen atoms in total. The highest BCUT2D eigenvalue weighted by Gasteiger charge is 2.31. The van der Waals surface area contributed by atoms with Crippen LogP contribution in [0.2, 0.25) is 0 Å². The van der Waals surface area contributed by atoms with E-state index >= 15 is 0 Å². The Morgan fingerprint density at radius 1 is 1.50 bits per heavy atom. The highest BCUT2D eigenvalue weighted by molar-refractivity contribution is 5.46. The molecule has 1 fully saturated rings. The van der Waals surface area contributed by atoms with Crippen LogP contribution >= 0.6 is 0 Å². The second-order valence-electron chi connectivity index (χ2n) is 4.68. The topological polar surface area (TPSA) is 55.0 Å². The van der Waals surface area contributed by atoms with Crippen LogP contribution in [0.5, 0.6) is 0 Å². The molecule has 16 heavy (non-hydrogen) atoms. The van der Waals surface area contributed by atoms with Crippen LogP contribution in [0.25, 0.3) is 0 Å². The van der Waals surface area contributed by atoms with Crippen molar-refractivity contribution in [2.75, 3.05) is 18.0 Å². The van der Waals surface area contributed by atoms with Crippen molar-refractivity contribution in [2.45, 2.75) is 33.2 Å². The Kier molecular flexibility index (Phi) is 3.10. The van der Waals surface area contributed by atoms with Crippen molar-refractivity contribution in [1.29, 1.82) is 0 Å². The van der Waals surface area contributed by atoms with Crippen molar-refractivity contribution >= 4 is 5.82 Å². The normalized spacial score (nSPS) is 25.1. The lowest BCUT2D eigenvalue weighted by atomic mass is 10.0. The number of anilines is 1. The molecule has 0 spiro atoms. The predicted octanol–water partition coefficient (Wildman–Crippen LogP) is 1.27. The molecular formula is C12H20N4. The first kappa shape index (κ1) is 11.3. The zero-order valence-corrected chi connectivity index (χ0v) is 10.3. The van der Waals surface area contributed by atoms with E-state index in [0.29, 0.717) is 18.5 Å². The van der Waals surface area contributed by atoms with Gasteiger partial charge in [0.1, 0.15) is 0 Å². The molecule has 2 N–H and O–H groups in total. The summed E-state index contributed by atoms with van der Waals surface area (Å²) in [7, 11) is 0. The van der Waals surface area contributed by atoms with Gasteiger partial charge >= 0.3 is 0 Å². The van der Waals surface area contributed by atoms with Gasteiger partial charge in [0.2, 0.25) is 0 Å². The van der Waals surface area contributed by atoms with Crippen molar-refractivity contribution < 1.29 is 0 Å². The molecule has 2 atom stereocenters. The third-order valence-electron chi connectivity index (χ3n) is 3.45. The van der Waals surface area contributed by atoms with E-state index in [0.717, 1.165) is 23.8 Å². The van der Waals surface area contributed by atoms with Crippen LogP contribution in [0.1, 0.15) is 24.7 Å². The summed E-state index contributed by atoms with van der Waals surface area (Å²) in [4.78, 5) is 11.3. The van der Waals surface area contributed by atoms with Gasteiger partial charge in [0.15, 0.2) is 5.82 Å². The number of hydrogen-bond acceptors (Lipinski definition) is 4. The zero-order valence-electron chi connectivity index (χ0n) is 10.3. The van der Waals surface area contributed by atoms with Crippen LogP contribution in [0.4, 0.5) is 5.82 Å². The van der Waals surface area contributed by atoms with E-state index in [-0.39, 0.29) is 0 Å². The Balaban J connectivity index is 2.33. The third kappa shape index (κ3) is 1.89. The van der Waals surface area contributed by atoms with E-state index in [1.54, 1.807) is 0 Å². The standard InChI is InChI=1S/C12H20N4/c1-8-4-5-16(11(8)6-13)12-10(3)14-7-9(2)15-12/h7-8,11H,4-6,13H2,1-3H3. The van der Waals surface area contributed by atoms with Crippen LogP contribution in [-0.4, -0.2) is 29.1 Å². The fourth-order valence-electron chi connectivity index (χ4n) is 2.43. The maximum atomic E-state index is 5.85. The fourth-order valence-corrected chi connectivity index (χ4v) is 2.43. The molecule has 0 bridgehead atoms. The Labute approximate surface area is 96.9 Å². The average molecular weight is 220 g/mol. The molecule has 88 valence electrons. The molecular weight excluding hydrogens is 200 g/mol. The molecule has 1 saturated heterocycles. The average Bonchev–Trinajstić information content (AvgIpc) is 2.63. The summed E-state index contributed by atoms with van der Waals surface area (Å²) in [5.41, 5.74) is 7.82. The Hall–Kier alpha value is -1.16. The number of nitrogens with two attached hydrogens (primary N) is 1. The molecule has 2 heterocycles. The summed E-state index contributed by atoms with van der Waals surface area (Å²) in [6.45, 7) is 7.99. The molecule has 0 saturated carbocycles. The van der Waals surface area contributed by atoms with Crippen molar-refractivity contribution in [3.8, 4) is 0 Å². The molecule has 0 amide bonds. The summed E-state index contributed by atoms with van der Waals surface area (Å²) < 4.78 is 0. The smallest absolute Gasteiger partial charge is 0.150 e. The highest BCUT2D eigenvalue weighted by atomic mass is 15.3. The lowest BCUT2D eigenvalue weighted by Gasteiger charge is -2.27. The number of aromatic nitrogens is 2. The van der Waals surface area contributed by atoms with E-state index in [1.807, 2.05) is 20.0 Å². The van der Waals surface area contributed by atoms with Gasteiger partial charge in [0.05, 0.1) is 11.4 Å². The van der Waals surface area contributed by atoms with Gasteiger partial charge in [-0.3, -0.25) is 4.98 Å². The molecule has 0 aliphatic carbocycles. The predicted molar refractivity (Wildman–Crippen MR) is 65.5 cm³/mol. The summed E-state index contributed by atoms with van der Waals surface area (Å²) in [6, 6.07) is 0.412. The van der Waals surface area contributed by atoms with Crippen LogP contribution in [0.3, 0.4) is 0 Å². The summed E-state index contributed by atoms with van der Waals surface area (Å²) in [6.07, 6.45) is 3.01. The van der Waals surface area contributed by atoms with Crippen molar-refractivity contribution in [1.82, 2.24) is 9.97 Å². The minimum absolute atomic E-state index is 0.412. The molecule has 4 heteroatoms. The second-order valence-corrected chi connectivity index (χ2v) is 4.68. The van der Waals surface area contributed by atoms with Gasteiger partial charge in [-0.15, -0.1) is 0 Å². The molecule has 0 radical (unpaired) electrons. The first-order valence-electron chi connectivity index (χ1n) is 5.90. The van der Waals surface area contributed by atoms with Gasteiger partial charge in [-0.05, 0) is 26.2 Å². The SMILES string of the molecule is Cc1cnc(C)c(N2CCC(C)C2CN)n1. The van der Waals surface area contributed by atoms with Crippen LogP contribution in [0.15, 0.2) is 6.20 Å². The van der Waals surface area contributed by atoms with Gasteiger partial charge in [0.25, 0.3) is 0 Å². The van der Waals surface area contributed by atoms with Gasteiger partial charge < -0.3 is 10.6 Å². The molecule has 1 aromatic rings. The highest BCUT2D eigenvalue weighted by Crippen LogP contribution is 2.29. The van der Waals surface area contributed by atoms with E-state index in [9.17, 15) is 0 Å². The summed E-state index contributed by atoms with van der Waals surface area (Å²) in [5, 5.41) is 0. The molecule has 1 aliphatic heterocycles. The summed E-state index contributed by atoms with van der Waals surface area (Å²) >= 11 is 0. The first-order valence-corrected chi connectivity index (χ1v) is 5.90. The minimum atomic E-state index is 0.412. The van der Waals surface area contributed by atoms with Gasteiger partial charge in [0, 0.05) is 25.3 Å². The van der Waals surface area contributed by atoms with E-state index < -0.39 is 0 Å². The van der Waals surface area contributed by atoms with Gasteiger partial charge in [-0.2, -0.15) is 0 Å². The van der Waals surface area contributed by atoms with Crippen molar-refractivity contribution in [2.24, 2.45) is 11.7 Å². The van der Waals surface area contributed by atoms with Crippen LogP contribution < -0.4 is 10.6 Å². The molecule has 0 aromatic carbocycles. The lowest BCUT2D eigenvalue weighted by molar-refractivity contribution is 0.516. The molecule has 2 rings (SSSR count). The first-order chi connectivity index (χ1) is 7.63. The fraction of sp³-hybridized carbons (Fsp3) is 0.667. The maximum Gasteiger partial charge on any atom is 0.150 e. The number of nitrogens with zero attached hydrogens (tertiary/aromatic N) is 3. The number of aryl methyl sites for hydroxylation is 2. The number of hydrogen-bond donors (Lipinski definition) is 1. The lowest BCUT2D eigenvalue weighted by Crippen LogP contribution is -2.39. The Bertz CT molecular complexity index is 377. The van der Waals surface area contributed by atoms with E-state index in [1.165, 1.54) is 6.42 Å². The van der Waals surface area contributed by atoms with E-state index in [2.05, 4.69) is 21.8 Å². The largest absolute Gasteiger partial charge is 0.351 e. The monoisotopic (exact) mass is 220 g/mol. The third-order valence-corrected chi connectivity index (χ3v) is 3.45. The van der Waals surface area contributed by atoms with Gasteiger partial charge in [-0.1, -0.05) is 6.92 Å². The van der Waals surface area contributed by atoms with Crippen molar-refractivity contribution in [3.63, 3.8) is 0 Å². The van der Waals surface area contributed by atoms with Crippen molar-refractivity contribution in [3.05, 3.63) is 17.6 Å². The molecule has 1 aliphatic rings. The zero-order chi connectivity index (χ0) is 11.7. The van der Waals surface area contributed by atoms with Crippen LogP contribution in [0, 0.1) is 19.8 Å². The summed E-state index contributed by atoms with van der Waals surface area (Å²) in [5.74, 6) is 1.66. The van der Waals surface area contributed by atoms with Gasteiger partial charge in [-0.25, -0.2) is 4.98 Å². The maximum absolute atomic E-state index is 5.85. The second kappa shape index (κ2) is 4.37. The molecule has 1 aromatic heterocycles. The minimum Gasteiger partial charge on any atom is -0.351 e. The molecule has 2 unspecified atom stereocenters. The Morgan fingerprint density at radius 3 is 2.94 bits per heavy atom. The quantitative estimate of drug-likeness (QED) is 0.815. The number of rotatable bonds is 2.